The van der Waals surface area contributed by atoms with E-state index in [4.69, 9.17) is 26.0 Å². The van der Waals surface area contributed by atoms with Crippen LogP contribution in [-0.4, -0.2) is 46.0 Å². The van der Waals surface area contributed by atoms with Gasteiger partial charge in [0, 0.05) is 30.4 Å². The quantitative estimate of drug-likeness (QED) is 0.192. The second-order valence-corrected chi connectivity index (χ2v) is 8.41. The summed E-state index contributed by atoms with van der Waals surface area (Å²) in [5.41, 5.74) is 9.41. The number of imidazole rings is 1. The SMILES string of the molecule is COc1cc(C(=N)N)ccc1NCc1nc2cc(C(=O)N(CCC(=O)O)c3ccccc3)ccc2n1C. The van der Waals surface area contributed by atoms with Crippen molar-refractivity contribution in [1.82, 2.24) is 9.55 Å². The Hall–Kier alpha value is -4.86. The van der Waals surface area contributed by atoms with Gasteiger partial charge in [-0.25, -0.2) is 4.98 Å². The van der Waals surface area contributed by atoms with Gasteiger partial charge >= 0.3 is 5.97 Å². The molecule has 1 aromatic heterocycles. The molecule has 4 aromatic rings. The third-order valence-electron chi connectivity index (χ3n) is 6.03. The number of para-hydroxylation sites is 1. The number of anilines is 2. The van der Waals surface area contributed by atoms with E-state index in [1.54, 1.807) is 61.7 Å². The fourth-order valence-corrected chi connectivity index (χ4v) is 4.04. The standard InChI is InChI=1S/C27H28N6O4/c1-32-22-11-9-18(27(36)33(13-12-25(34)35)19-6-4-3-5-7-19)14-21(22)31-24(32)16-30-20-10-8-17(26(28)29)15-23(20)37-2/h3-11,14-15,30H,12-13,16H2,1-2H3,(H3,28,29)(H,34,35). The zero-order valence-corrected chi connectivity index (χ0v) is 20.6. The molecule has 0 unspecified atom stereocenters. The predicted molar refractivity (Wildman–Crippen MR) is 142 cm³/mol. The Balaban J connectivity index is 1.58. The minimum Gasteiger partial charge on any atom is -0.495 e. The van der Waals surface area contributed by atoms with Crippen molar-refractivity contribution in [2.45, 2.75) is 13.0 Å². The molecule has 3 aromatic carbocycles. The van der Waals surface area contributed by atoms with Gasteiger partial charge in [0.1, 0.15) is 17.4 Å². The number of nitrogen functional groups attached to an aromatic ring is 1. The molecule has 0 fully saturated rings. The summed E-state index contributed by atoms with van der Waals surface area (Å²) >= 11 is 0. The number of carbonyl (C=O) groups is 2. The minimum atomic E-state index is -0.974. The number of aliphatic carboxylic acids is 1. The number of aryl methyl sites for hydroxylation is 1. The van der Waals surface area contributed by atoms with E-state index in [0.717, 1.165) is 17.0 Å². The van der Waals surface area contributed by atoms with Gasteiger partial charge in [-0.05, 0) is 48.5 Å². The van der Waals surface area contributed by atoms with E-state index in [0.29, 0.717) is 34.6 Å². The van der Waals surface area contributed by atoms with Crippen LogP contribution in [0.15, 0.2) is 66.7 Å². The summed E-state index contributed by atoms with van der Waals surface area (Å²) in [6.45, 7) is 0.441. The summed E-state index contributed by atoms with van der Waals surface area (Å²) in [7, 11) is 3.44. The first-order valence-electron chi connectivity index (χ1n) is 11.6. The number of hydrogen-bond acceptors (Lipinski definition) is 6. The van der Waals surface area contributed by atoms with Gasteiger partial charge in [0.05, 0.1) is 36.8 Å². The lowest BCUT2D eigenvalue weighted by Crippen LogP contribution is -2.33. The lowest BCUT2D eigenvalue weighted by atomic mass is 10.1. The number of rotatable bonds is 10. The molecule has 0 bridgehead atoms. The van der Waals surface area contributed by atoms with E-state index in [1.807, 2.05) is 23.7 Å². The highest BCUT2D eigenvalue weighted by molar-refractivity contribution is 6.07. The Morgan fingerprint density at radius 3 is 2.51 bits per heavy atom. The van der Waals surface area contributed by atoms with Crippen LogP contribution in [0.1, 0.15) is 28.2 Å². The number of carbonyl (C=O) groups excluding carboxylic acids is 1. The molecule has 1 heterocycles. The molecule has 5 N–H and O–H groups in total. The number of carboxylic acid groups (broad SMARTS) is 1. The number of methoxy groups -OCH3 is 1. The monoisotopic (exact) mass is 500 g/mol. The maximum absolute atomic E-state index is 13.4. The Kier molecular flexibility index (Phi) is 7.38. The Morgan fingerprint density at radius 1 is 1.11 bits per heavy atom. The van der Waals surface area contributed by atoms with Gasteiger partial charge in [0.2, 0.25) is 0 Å². The number of amidine groups is 1. The molecule has 0 aliphatic carbocycles. The molecule has 0 atom stereocenters. The van der Waals surface area contributed by atoms with Crippen molar-refractivity contribution in [3.63, 3.8) is 0 Å². The number of nitrogens with two attached hydrogens (primary N) is 1. The second-order valence-electron chi connectivity index (χ2n) is 8.41. The molecule has 0 aliphatic heterocycles. The fourth-order valence-electron chi connectivity index (χ4n) is 4.04. The van der Waals surface area contributed by atoms with Crippen molar-refractivity contribution in [3.05, 3.63) is 83.7 Å². The molecule has 10 nitrogen and oxygen atoms in total. The molecule has 0 saturated carbocycles. The van der Waals surface area contributed by atoms with Gasteiger partial charge < -0.3 is 30.4 Å². The molecule has 1 amide bonds. The summed E-state index contributed by atoms with van der Waals surface area (Å²) in [6.07, 6.45) is -0.168. The van der Waals surface area contributed by atoms with Gasteiger partial charge in [-0.2, -0.15) is 0 Å². The summed E-state index contributed by atoms with van der Waals surface area (Å²) in [4.78, 5) is 30.8. The number of hydrogen-bond donors (Lipinski definition) is 4. The summed E-state index contributed by atoms with van der Waals surface area (Å²) < 4.78 is 7.37. The molecule has 190 valence electrons. The van der Waals surface area contributed by atoms with Crippen LogP contribution in [0.25, 0.3) is 11.0 Å². The molecule has 0 saturated heterocycles. The average molecular weight is 501 g/mol. The highest BCUT2D eigenvalue weighted by Gasteiger charge is 2.20. The number of nitrogens with one attached hydrogen (secondary N) is 2. The molecular formula is C27H28N6O4. The van der Waals surface area contributed by atoms with Crippen molar-refractivity contribution in [2.24, 2.45) is 12.8 Å². The third kappa shape index (κ3) is 5.53. The third-order valence-corrected chi connectivity index (χ3v) is 6.03. The topological polar surface area (TPSA) is 147 Å². The van der Waals surface area contributed by atoms with E-state index >= 15 is 0 Å². The normalized spacial score (nSPS) is 10.8. The van der Waals surface area contributed by atoms with Crippen LogP contribution < -0.4 is 20.7 Å². The molecule has 4 rings (SSSR count). The average Bonchev–Trinajstić information content (AvgIpc) is 3.22. The minimum absolute atomic E-state index is 0.0423. The van der Waals surface area contributed by atoms with Crippen LogP contribution in [-0.2, 0) is 18.4 Å². The maximum Gasteiger partial charge on any atom is 0.305 e. The lowest BCUT2D eigenvalue weighted by molar-refractivity contribution is -0.136. The summed E-state index contributed by atoms with van der Waals surface area (Å²) in [5.74, 6) is -0.0160. The maximum atomic E-state index is 13.4. The fraction of sp³-hybridized carbons (Fsp3) is 0.185. The Labute approximate surface area is 213 Å². The number of aromatic nitrogens is 2. The zero-order chi connectivity index (χ0) is 26.5. The van der Waals surface area contributed by atoms with Gasteiger partial charge in [-0.15, -0.1) is 0 Å². The molecule has 0 aliphatic rings. The molecule has 10 heteroatoms. The van der Waals surface area contributed by atoms with E-state index in [9.17, 15) is 9.59 Å². The van der Waals surface area contributed by atoms with Crippen molar-refractivity contribution in [2.75, 3.05) is 23.9 Å². The molecular weight excluding hydrogens is 472 g/mol. The van der Waals surface area contributed by atoms with Gasteiger partial charge in [-0.1, -0.05) is 18.2 Å². The number of nitrogens with zero attached hydrogens (tertiary/aromatic N) is 3. The van der Waals surface area contributed by atoms with Crippen LogP contribution in [0, 0.1) is 5.41 Å². The molecule has 37 heavy (non-hydrogen) atoms. The number of carboxylic acids is 1. The number of fused-ring (bicyclic) bond motifs is 1. The largest absolute Gasteiger partial charge is 0.495 e. The highest BCUT2D eigenvalue weighted by Crippen LogP contribution is 2.27. The van der Waals surface area contributed by atoms with E-state index in [2.05, 4.69) is 5.32 Å². The van der Waals surface area contributed by atoms with Crippen LogP contribution in [0.4, 0.5) is 11.4 Å². The molecule has 0 radical (unpaired) electrons. The first-order chi connectivity index (χ1) is 17.8. The first-order valence-corrected chi connectivity index (χ1v) is 11.6. The van der Waals surface area contributed by atoms with Crippen LogP contribution >= 0.6 is 0 Å². The van der Waals surface area contributed by atoms with Crippen molar-refractivity contribution >= 4 is 40.1 Å². The van der Waals surface area contributed by atoms with E-state index in [-0.39, 0.29) is 24.7 Å². The lowest BCUT2D eigenvalue weighted by Gasteiger charge is -2.22. The number of benzene rings is 3. The zero-order valence-electron chi connectivity index (χ0n) is 20.6. The van der Waals surface area contributed by atoms with Gasteiger partial charge in [0.15, 0.2) is 0 Å². The predicted octanol–water partition coefficient (Wildman–Crippen LogP) is 3.60. The summed E-state index contributed by atoms with van der Waals surface area (Å²) in [6, 6.07) is 19.5. The van der Waals surface area contributed by atoms with Crippen molar-refractivity contribution in [1.29, 1.82) is 5.41 Å². The van der Waals surface area contributed by atoms with E-state index in [1.165, 1.54) is 4.90 Å². The first kappa shape index (κ1) is 25.2. The number of amides is 1. The van der Waals surface area contributed by atoms with Crippen molar-refractivity contribution in [3.8, 4) is 5.75 Å². The van der Waals surface area contributed by atoms with E-state index < -0.39 is 5.97 Å². The van der Waals surface area contributed by atoms with Crippen LogP contribution in [0.2, 0.25) is 0 Å². The van der Waals surface area contributed by atoms with Gasteiger partial charge in [-0.3, -0.25) is 15.0 Å². The summed E-state index contributed by atoms with van der Waals surface area (Å²) in [5, 5.41) is 20.1. The van der Waals surface area contributed by atoms with Crippen LogP contribution in [0.5, 0.6) is 5.75 Å². The molecule has 0 spiro atoms. The second kappa shape index (κ2) is 10.8. The Morgan fingerprint density at radius 2 is 1.84 bits per heavy atom. The van der Waals surface area contributed by atoms with Crippen LogP contribution in [0.3, 0.4) is 0 Å². The Bertz CT molecular complexity index is 1460. The highest BCUT2D eigenvalue weighted by atomic mass is 16.5. The van der Waals surface area contributed by atoms with Gasteiger partial charge in [0.25, 0.3) is 5.91 Å². The van der Waals surface area contributed by atoms with Crippen molar-refractivity contribution < 1.29 is 19.4 Å². The smallest absolute Gasteiger partial charge is 0.305 e. The number of ether oxygens (including phenoxy) is 1.